The number of nitrogens with zero attached hydrogens (tertiary/aromatic N) is 7. The second kappa shape index (κ2) is 10.1. The number of pyridine rings is 1. The van der Waals surface area contributed by atoms with Crippen molar-refractivity contribution >= 4 is 32.9 Å². The zero-order valence-corrected chi connectivity index (χ0v) is 25.2. The number of fused-ring (bicyclic) bond motifs is 4. The van der Waals surface area contributed by atoms with Crippen LogP contribution in [0.3, 0.4) is 0 Å². The first-order valence-electron chi connectivity index (χ1n) is 15.1. The van der Waals surface area contributed by atoms with Crippen LogP contribution in [0.5, 0.6) is 0 Å². The molecule has 9 aromatic rings. The molecule has 8 heteroatoms. The summed E-state index contributed by atoms with van der Waals surface area (Å²) in [6.07, 6.45) is 9.41. The van der Waals surface area contributed by atoms with E-state index in [2.05, 4.69) is 69.1 Å². The van der Waals surface area contributed by atoms with E-state index in [0.29, 0.717) is 5.89 Å². The predicted molar refractivity (Wildman–Crippen MR) is 181 cm³/mol. The fourth-order valence-electron chi connectivity index (χ4n) is 6.44. The third-order valence-electron chi connectivity index (χ3n) is 8.64. The molecule has 5 heterocycles. The first kappa shape index (κ1) is 26.2. The van der Waals surface area contributed by atoms with Crippen LogP contribution >= 0.6 is 0 Å². The minimum Gasteiger partial charge on any atom is -0.436 e. The number of hydrogen-bond acceptors (Lipinski definition) is 5. The molecule has 0 saturated heterocycles. The Bertz CT molecular complexity index is 2530. The molecule has 0 spiro atoms. The van der Waals surface area contributed by atoms with Gasteiger partial charge in [-0.05, 0) is 66.7 Å². The highest BCUT2D eigenvalue weighted by atomic mass is 16.3. The van der Waals surface area contributed by atoms with Gasteiger partial charge in [-0.15, -0.1) is 0 Å². The average Bonchev–Trinajstić information content (AvgIpc) is 3.89. The molecule has 220 valence electrons. The van der Waals surface area contributed by atoms with Crippen molar-refractivity contribution in [3.05, 3.63) is 128 Å². The Morgan fingerprint density at radius 2 is 1.39 bits per heavy atom. The molecule has 4 aromatic carbocycles. The topological polar surface area (TPSA) is 79.5 Å². The van der Waals surface area contributed by atoms with Crippen molar-refractivity contribution in [1.29, 1.82) is 0 Å². The molecule has 0 atom stereocenters. The molecule has 8 nitrogen and oxygen atoms in total. The van der Waals surface area contributed by atoms with E-state index in [1.165, 1.54) is 0 Å². The number of aromatic nitrogens is 7. The van der Waals surface area contributed by atoms with Crippen LogP contribution < -0.4 is 0 Å². The molecular formula is C38H27N7O. The lowest BCUT2D eigenvalue weighted by atomic mass is 10.0. The molecule has 0 saturated carbocycles. The highest BCUT2D eigenvalue weighted by Crippen LogP contribution is 2.42. The summed E-state index contributed by atoms with van der Waals surface area (Å²) in [5, 5.41) is 2.20. The van der Waals surface area contributed by atoms with Crippen molar-refractivity contribution in [3.8, 4) is 51.2 Å². The molecule has 0 unspecified atom stereocenters. The molecule has 0 aliphatic carbocycles. The fourth-order valence-corrected chi connectivity index (χ4v) is 6.44. The average molecular weight is 598 g/mol. The summed E-state index contributed by atoms with van der Waals surface area (Å²) in [6, 6.07) is 33.4. The minimum atomic E-state index is 0.550. The Morgan fingerprint density at radius 1 is 0.587 bits per heavy atom. The van der Waals surface area contributed by atoms with E-state index in [4.69, 9.17) is 14.4 Å². The number of imidazole rings is 2. The Labute approximate surface area is 263 Å². The van der Waals surface area contributed by atoms with Crippen molar-refractivity contribution < 1.29 is 4.42 Å². The van der Waals surface area contributed by atoms with E-state index >= 15 is 0 Å². The molecule has 0 amide bonds. The van der Waals surface area contributed by atoms with Crippen molar-refractivity contribution in [2.24, 2.45) is 14.1 Å². The maximum atomic E-state index is 6.38. The number of aryl methyl sites for hydroxylation is 2. The number of benzene rings is 4. The largest absolute Gasteiger partial charge is 0.436 e. The quantitative estimate of drug-likeness (QED) is 0.199. The Hall–Kier alpha value is -6.28. The molecule has 0 radical (unpaired) electrons. The van der Waals surface area contributed by atoms with Crippen LogP contribution in [0.25, 0.3) is 84.1 Å². The standard InChI is InChI=1S/C38H27N7O/c1-43-18-16-40-36(43)25-13-14-33-27(21-25)28-22-29(37-41-17-19-44(37)2)30(38-42-32-11-3-4-12-35(32)46-38)23-34(28)45(33)26-9-7-8-24(20-26)31-10-5-6-15-39-31/h3-23H,1-2H3. The minimum absolute atomic E-state index is 0.550. The summed E-state index contributed by atoms with van der Waals surface area (Å²) >= 11 is 0. The van der Waals surface area contributed by atoms with Crippen LogP contribution in [0, 0.1) is 0 Å². The summed E-state index contributed by atoms with van der Waals surface area (Å²) < 4.78 is 12.8. The van der Waals surface area contributed by atoms with Crippen LogP contribution in [0.2, 0.25) is 0 Å². The number of rotatable bonds is 5. The van der Waals surface area contributed by atoms with Crippen molar-refractivity contribution in [2.75, 3.05) is 0 Å². The predicted octanol–water partition coefficient (Wildman–Crippen LogP) is 8.45. The van der Waals surface area contributed by atoms with E-state index in [-0.39, 0.29) is 0 Å². The number of hydrogen-bond donors (Lipinski definition) is 0. The second-order valence-electron chi connectivity index (χ2n) is 11.5. The van der Waals surface area contributed by atoms with E-state index in [0.717, 1.165) is 78.2 Å². The molecule has 9 rings (SSSR count). The van der Waals surface area contributed by atoms with Gasteiger partial charge >= 0.3 is 0 Å². The smallest absolute Gasteiger partial charge is 0.228 e. The highest BCUT2D eigenvalue weighted by molar-refractivity contribution is 6.13. The lowest BCUT2D eigenvalue weighted by Gasteiger charge is -2.12. The van der Waals surface area contributed by atoms with Gasteiger partial charge in [-0.1, -0.05) is 30.3 Å². The highest BCUT2D eigenvalue weighted by Gasteiger charge is 2.22. The van der Waals surface area contributed by atoms with E-state index in [1.807, 2.05) is 96.7 Å². The van der Waals surface area contributed by atoms with Gasteiger partial charge in [0.05, 0.1) is 22.3 Å². The van der Waals surface area contributed by atoms with E-state index in [9.17, 15) is 0 Å². The second-order valence-corrected chi connectivity index (χ2v) is 11.5. The molecule has 5 aromatic heterocycles. The fraction of sp³-hybridized carbons (Fsp3) is 0.0526. The lowest BCUT2D eigenvalue weighted by Crippen LogP contribution is -1.97. The van der Waals surface area contributed by atoms with Gasteiger partial charge in [0.25, 0.3) is 0 Å². The van der Waals surface area contributed by atoms with Gasteiger partial charge < -0.3 is 18.1 Å². The number of para-hydroxylation sites is 2. The zero-order valence-electron chi connectivity index (χ0n) is 25.2. The summed E-state index contributed by atoms with van der Waals surface area (Å²) in [5.41, 5.74) is 9.50. The van der Waals surface area contributed by atoms with Gasteiger partial charge in [-0.2, -0.15) is 0 Å². The number of oxazole rings is 1. The van der Waals surface area contributed by atoms with Gasteiger partial charge in [0, 0.05) is 78.2 Å². The molecule has 0 N–H and O–H groups in total. The maximum Gasteiger partial charge on any atom is 0.228 e. The van der Waals surface area contributed by atoms with E-state index in [1.54, 1.807) is 0 Å². The molecule has 0 aliphatic heterocycles. The summed E-state index contributed by atoms with van der Waals surface area (Å²) in [5.74, 6) is 2.29. The third kappa shape index (κ3) is 4.07. The van der Waals surface area contributed by atoms with Crippen LogP contribution in [0.1, 0.15) is 0 Å². The van der Waals surface area contributed by atoms with Gasteiger partial charge in [0.15, 0.2) is 5.58 Å². The van der Waals surface area contributed by atoms with Crippen molar-refractivity contribution in [1.82, 2.24) is 33.6 Å². The first-order chi connectivity index (χ1) is 22.6. The third-order valence-corrected chi connectivity index (χ3v) is 8.64. The molecule has 46 heavy (non-hydrogen) atoms. The zero-order chi connectivity index (χ0) is 30.8. The van der Waals surface area contributed by atoms with Gasteiger partial charge in [0.2, 0.25) is 5.89 Å². The normalized spacial score (nSPS) is 11.7. The SMILES string of the molecule is Cn1ccnc1-c1ccc2c(c1)c1cc(-c3nccn3C)c(-c3nc4ccccc4o3)cc1n2-c1cccc(-c2ccccn2)c1. The van der Waals surface area contributed by atoms with Crippen LogP contribution in [0.4, 0.5) is 0 Å². The van der Waals surface area contributed by atoms with Crippen LogP contribution in [-0.4, -0.2) is 33.6 Å². The Kier molecular flexibility index (Phi) is 5.76. The van der Waals surface area contributed by atoms with Gasteiger partial charge in [-0.3, -0.25) is 4.98 Å². The lowest BCUT2D eigenvalue weighted by molar-refractivity contribution is 0.620. The Morgan fingerprint density at radius 3 is 2.17 bits per heavy atom. The summed E-state index contributed by atoms with van der Waals surface area (Å²) in [4.78, 5) is 18.9. The molecule has 0 bridgehead atoms. The summed E-state index contributed by atoms with van der Waals surface area (Å²) in [6.45, 7) is 0. The van der Waals surface area contributed by atoms with Crippen molar-refractivity contribution in [3.63, 3.8) is 0 Å². The molecular weight excluding hydrogens is 570 g/mol. The van der Waals surface area contributed by atoms with Crippen molar-refractivity contribution in [2.45, 2.75) is 0 Å². The van der Waals surface area contributed by atoms with Gasteiger partial charge in [-0.25, -0.2) is 15.0 Å². The summed E-state index contributed by atoms with van der Waals surface area (Å²) in [7, 11) is 4.03. The first-order valence-corrected chi connectivity index (χ1v) is 15.1. The molecule has 0 aliphatic rings. The van der Waals surface area contributed by atoms with Gasteiger partial charge in [0.1, 0.15) is 17.2 Å². The Balaban J connectivity index is 1.38. The van der Waals surface area contributed by atoms with Crippen LogP contribution in [-0.2, 0) is 14.1 Å². The van der Waals surface area contributed by atoms with E-state index < -0.39 is 0 Å². The maximum absolute atomic E-state index is 6.38. The van der Waals surface area contributed by atoms with Crippen LogP contribution in [0.15, 0.2) is 132 Å². The monoisotopic (exact) mass is 597 g/mol. The molecule has 0 fully saturated rings.